The third-order valence-corrected chi connectivity index (χ3v) is 3.68. The van der Waals surface area contributed by atoms with Crippen LogP contribution in [-0.4, -0.2) is 46.6 Å². The van der Waals surface area contributed by atoms with Gasteiger partial charge in [0.05, 0.1) is 5.25 Å². The van der Waals surface area contributed by atoms with Gasteiger partial charge in [0.15, 0.2) is 0 Å². The van der Waals surface area contributed by atoms with E-state index in [1.54, 1.807) is 31.2 Å². The van der Waals surface area contributed by atoms with Gasteiger partial charge in [-0.25, -0.2) is 0 Å². The van der Waals surface area contributed by atoms with Crippen LogP contribution in [0, 0.1) is 0 Å². The highest BCUT2D eigenvalue weighted by molar-refractivity contribution is 8.00. The van der Waals surface area contributed by atoms with Crippen LogP contribution in [0.3, 0.4) is 0 Å². The summed E-state index contributed by atoms with van der Waals surface area (Å²) in [5.41, 5.74) is 0.689. The Morgan fingerprint density at radius 1 is 1.29 bits per heavy atom. The van der Waals surface area contributed by atoms with Crippen LogP contribution in [0.1, 0.15) is 13.8 Å². The van der Waals surface area contributed by atoms with Gasteiger partial charge in [-0.15, -0.1) is 11.8 Å². The molecule has 0 saturated heterocycles. The van der Waals surface area contributed by atoms with E-state index >= 15 is 0 Å². The number of thioether (sulfide) groups is 1. The SMILES string of the molecule is CC(=O)Nc1ccc(SC(C)C(=O)N(C)CC(=O)O)cc1. The number of rotatable bonds is 6. The van der Waals surface area contributed by atoms with Gasteiger partial charge in [0, 0.05) is 24.6 Å². The second kappa shape index (κ2) is 7.68. The number of nitrogens with zero attached hydrogens (tertiary/aromatic N) is 1. The number of carboxylic acid groups (broad SMARTS) is 1. The maximum Gasteiger partial charge on any atom is 0.323 e. The molecule has 0 fully saturated rings. The van der Waals surface area contributed by atoms with Crippen molar-refractivity contribution in [2.24, 2.45) is 0 Å². The van der Waals surface area contributed by atoms with Crippen molar-refractivity contribution in [2.45, 2.75) is 24.0 Å². The molecule has 1 atom stereocenters. The minimum Gasteiger partial charge on any atom is -0.480 e. The van der Waals surface area contributed by atoms with Crippen molar-refractivity contribution >= 4 is 35.2 Å². The average molecular weight is 310 g/mol. The fourth-order valence-corrected chi connectivity index (χ4v) is 2.65. The zero-order chi connectivity index (χ0) is 16.0. The fraction of sp³-hybridized carbons (Fsp3) is 0.357. The number of nitrogens with one attached hydrogen (secondary N) is 1. The fourth-order valence-electron chi connectivity index (χ4n) is 1.67. The second-order valence-corrected chi connectivity index (χ2v) is 5.97. The zero-order valence-corrected chi connectivity index (χ0v) is 12.9. The molecule has 1 aromatic carbocycles. The number of aliphatic carboxylic acids is 1. The van der Waals surface area contributed by atoms with Crippen LogP contribution in [-0.2, 0) is 14.4 Å². The molecular formula is C14H18N2O4S. The van der Waals surface area contributed by atoms with Gasteiger partial charge in [-0.05, 0) is 31.2 Å². The molecule has 1 unspecified atom stereocenters. The lowest BCUT2D eigenvalue weighted by Crippen LogP contribution is -2.36. The van der Waals surface area contributed by atoms with Crippen LogP contribution in [0.25, 0.3) is 0 Å². The van der Waals surface area contributed by atoms with Crippen molar-refractivity contribution in [1.82, 2.24) is 4.90 Å². The van der Waals surface area contributed by atoms with Gasteiger partial charge in [-0.2, -0.15) is 0 Å². The molecule has 0 aliphatic carbocycles. The Morgan fingerprint density at radius 2 is 1.86 bits per heavy atom. The molecule has 0 aromatic heterocycles. The summed E-state index contributed by atoms with van der Waals surface area (Å²) in [6.45, 7) is 2.85. The van der Waals surface area contributed by atoms with Crippen molar-refractivity contribution in [2.75, 3.05) is 18.9 Å². The van der Waals surface area contributed by atoms with Crippen LogP contribution < -0.4 is 5.32 Å². The van der Waals surface area contributed by atoms with E-state index in [1.807, 2.05) is 0 Å². The molecule has 0 saturated carbocycles. The van der Waals surface area contributed by atoms with E-state index in [2.05, 4.69) is 5.32 Å². The first-order chi connectivity index (χ1) is 9.79. The van der Waals surface area contributed by atoms with Crippen LogP contribution in [0.2, 0.25) is 0 Å². The second-order valence-electron chi connectivity index (χ2n) is 4.55. The smallest absolute Gasteiger partial charge is 0.323 e. The van der Waals surface area contributed by atoms with Crippen molar-refractivity contribution in [1.29, 1.82) is 0 Å². The van der Waals surface area contributed by atoms with Crippen molar-refractivity contribution in [3.63, 3.8) is 0 Å². The van der Waals surface area contributed by atoms with Crippen LogP contribution in [0.5, 0.6) is 0 Å². The standard InChI is InChI=1S/C14H18N2O4S/c1-9(14(20)16(3)8-13(18)19)21-12-6-4-11(5-7-12)15-10(2)17/h4-7,9H,8H2,1-3H3,(H,15,17)(H,18,19). The number of carbonyl (C=O) groups is 3. The minimum absolute atomic E-state index is 0.144. The van der Waals surface area contributed by atoms with Crippen LogP contribution in [0.4, 0.5) is 5.69 Å². The van der Waals surface area contributed by atoms with Gasteiger partial charge >= 0.3 is 5.97 Å². The van der Waals surface area contributed by atoms with Crippen LogP contribution >= 0.6 is 11.8 Å². The molecule has 0 aliphatic heterocycles. The maximum absolute atomic E-state index is 12.0. The molecular weight excluding hydrogens is 292 g/mol. The number of hydrogen-bond acceptors (Lipinski definition) is 4. The van der Waals surface area contributed by atoms with Crippen molar-refractivity contribution in [3.8, 4) is 0 Å². The molecule has 114 valence electrons. The van der Waals surface area contributed by atoms with E-state index in [4.69, 9.17) is 5.11 Å². The molecule has 6 nitrogen and oxygen atoms in total. The van der Waals surface area contributed by atoms with E-state index in [0.717, 1.165) is 4.90 Å². The lowest BCUT2D eigenvalue weighted by Gasteiger charge is -2.19. The zero-order valence-electron chi connectivity index (χ0n) is 12.1. The first-order valence-electron chi connectivity index (χ1n) is 6.30. The molecule has 1 aromatic rings. The Morgan fingerprint density at radius 3 is 2.33 bits per heavy atom. The number of benzene rings is 1. The van der Waals surface area contributed by atoms with Crippen molar-refractivity contribution in [3.05, 3.63) is 24.3 Å². The highest BCUT2D eigenvalue weighted by Gasteiger charge is 2.20. The van der Waals surface area contributed by atoms with E-state index < -0.39 is 5.97 Å². The van der Waals surface area contributed by atoms with Crippen LogP contribution in [0.15, 0.2) is 29.2 Å². The van der Waals surface area contributed by atoms with E-state index in [9.17, 15) is 14.4 Å². The lowest BCUT2D eigenvalue weighted by molar-refractivity contribution is -0.143. The van der Waals surface area contributed by atoms with Gasteiger partial charge in [-0.1, -0.05) is 0 Å². The molecule has 2 N–H and O–H groups in total. The molecule has 0 bridgehead atoms. The largest absolute Gasteiger partial charge is 0.480 e. The summed E-state index contributed by atoms with van der Waals surface area (Å²) < 4.78 is 0. The summed E-state index contributed by atoms with van der Waals surface area (Å²) >= 11 is 1.34. The predicted octanol–water partition coefficient (Wildman–Crippen LogP) is 1.67. The number of hydrogen-bond donors (Lipinski definition) is 2. The topological polar surface area (TPSA) is 86.7 Å². The number of amides is 2. The quantitative estimate of drug-likeness (QED) is 0.781. The minimum atomic E-state index is -1.04. The predicted molar refractivity (Wildman–Crippen MR) is 81.3 cm³/mol. The Kier molecular flexibility index (Phi) is 6.23. The third kappa shape index (κ3) is 5.86. The highest BCUT2D eigenvalue weighted by atomic mass is 32.2. The lowest BCUT2D eigenvalue weighted by atomic mass is 10.3. The van der Waals surface area contributed by atoms with Gasteiger partial charge in [-0.3, -0.25) is 14.4 Å². The number of carbonyl (C=O) groups excluding carboxylic acids is 2. The molecule has 21 heavy (non-hydrogen) atoms. The Labute approximate surface area is 127 Å². The normalized spacial score (nSPS) is 11.6. The molecule has 0 heterocycles. The Hall–Kier alpha value is -2.02. The van der Waals surface area contributed by atoms with E-state index in [0.29, 0.717) is 5.69 Å². The van der Waals surface area contributed by atoms with E-state index in [-0.39, 0.29) is 23.6 Å². The maximum atomic E-state index is 12.0. The monoisotopic (exact) mass is 310 g/mol. The first-order valence-corrected chi connectivity index (χ1v) is 7.18. The summed E-state index contributed by atoms with van der Waals surface area (Å²) in [7, 11) is 1.47. The third-order valence-electron chi connectivity index (χ3n) is 2.58. The first kappa shape index (κ1) is 17.0. The van der Waals surface area contributed by atoms with Gasteiger partial charge < -0.3 is 15.3 Å². The molecule has 0 aliphatic rings. The van der Waals surface area contributed by atoms with Gasteiger partial charge in [0.2, 0.25) is 11.8 Å². The summed E-state index contributed by atoms with van der Waals surface area (Å²) in [6.07, 6.45) is 0. The number of anilines is 1. The van der Waals surface area contributed by atoms with E-state index in [1.165, 1.54) is 30.6 Å². The highest BCUT2D eigenvalue weighted by Crippen LogP contribution is 2.25. The molecule has 0 spiro atoms. The average Bonchev–Trinajstić information content (AvgIpc) is 2.38. The Bertz CT molecular complexity index is 530. The summed E-state index contributed by atoms with van der Waals surface area (Å²) in [6, 6.07) is 7.11. The molecule has 7 heteroatoms. The number of carboxylic acids is 1. The van der Waals surface area contributed by atoms with Crippen molar-refractivity contribution < 1.29 is 19.5 Å². The summed E-state index contributed by atoms with van der Waals surface area (Å²) in [4.78, 5) is 35.5. The summed E-state index contributed by atoms with van der Waals surface area (Å²) in [5, 5.41) is 10.9. The Balaban J connectivity index is 2.61. The van der Waals surface area contributed by atoms with Gasteiger partial charge in [0.25, 0.3) is 0 Å². The molecule has 0 radical (unpaired) electrons. The number of likely N-dealkylation sites (N-methyl/N-ethyl adjacent to an activating group) is 1. The molecule has 1 rings (SSSR count). The van der Waals surface area contributed by atoms with Gasteiger partial charge in [0.1, 0.15) is 6.54 Å². The molecule has 2 amide bonds. The summed E-state index contributed by atoms with van der Waals surface area (Å²) in [5.74, 6) is -1.43.